The highest BCUT2D eigenvalue weighted by Gasteiger charge is 2.35. The minimum Gasteiger partial charge on any atom is -0.489 e. The highest BCUT2D eigenvalue weighted by molar-refractivity contribution is 8.03. The van der Waals surface area contributed by atoms with Crippen LogP contribution >= 0.6 is 23.4 Å². The predicted octanol–water partition coefficient (Wildman–Crippen LogP) is 8.33. The summed E-state index contributed by atoms with van der Waals surface area (Å²) < 4.78 is 17.6. The normalized spacial score (nSPS) is 17.0. The third kappa shape index (κ3) is 9.27. The van der Waals surface area contributed by atoms with Crippen molar-refractivity contribution in [3.63, 3.8) is 0 Å². The first-order chi connectivity index (χ1) is 16.6. The van der Waals surface area contributed by atoms with E-state index >= 15 is 0 Å². The molecule has 2 aromatic carbocycles. The molecule has 0 spiro atoms. The third-order valence-corrected chi connectivity index (χ3v) is 7.19. The number of hydrogen-bond acceptors (Lipinski definition) is 5. The van der Waals surface area contributed by atoms with E-state index in [-0.39, 0.29) is 5.97 Å². The molecule has 1 heterocycles. The fourth-order valence-corrected chi connectivity index (χ4v) is 4.85. The molecule has 6 heteroatoms. The summed E-state index contributed by atoms with van der Waals surface area (Å²) in [5.74, 6) is 1.42. The standard InChI is InChI=1S/C28H35ClO4S/c1-2-3-4-5-6-7-20-31-27(30)17-19-28(18-8-21-34-28)33-26-13-9-23(10-14-26)22-32-25-15-11-24(29)12-16-25/h8-16,21H,2-7,17-20,22H2,1H3. The van der Waals surface area contributed by atoms with Crippen molar-refractivity contribution < 1.29 is 19.0 Å². The highest BCUT2D eigenvalue weighted by Crippen LogP contribution is 2.42. The molecule has 1 unspecified atom stereocenters. The quantitative estimate of drug-likeness (QED) is 0.181. The van der Waals surface area contributed by atoms with Gasteiger partial charge in [-0.1, -0.05) is 80.6 Å². The maximum Gasteiger partial charge on any atom is 0.305 e. The minimum atomic E-state index is -0.458. The maximum atomic E-state index is 12.3. The second-order valence-electron chi connectivity index (χ2n) is 8.58. The van der Waals surface area contributed by atoms with Crippen LogP contribution in [-0.4, -0.2) is 17.5 Å². The minimum absolute atomic E-state index is 0.140. The Balaban J connectivity index is 1.41. The van der Waals surface area contributed by atoms with Crippen molar-refractivity contribution in [1.82, 2.24) is 0 Å². The number of rotatable bonds is 15. The number of benzene rings is 2. The lowest BCUT2D eigenvalue weighted by Gasteiger charge is -2.29. The van der Waals surface area contributed by atoms with Gasteiger partial charge in [-0.2, -0.15) is 0 Å². The molecule has 1 atom stereocenters. The van der Waals surface area contributed by atoms with Gasteiger partial charge in [0.05, 0.1) is 13.0 Å². The van der Waals surface area contributed by atoms with Crippen molar-refractivity contribution in [1.29, 1.82) is 0 Å². The van der Waals surface area contributed by atoms with Gasteiger partial charge in [0.2, 0.25) is 0 Å². The van der Waals surface area contributed by atoms with E-state index in [1.807, 2.05) is 48.5 Å². The fraction of sp³-hybridized carbons (Fsp3) is 0.464. The molecule has 0 N–H and O–H groups in total. The molecule has 0 aromatic heterocycles. The molecule has 184 valence electrons. The maximum absolute atomic E-state index is 12.3. The Kier molecular flexibility index (Phi) is 11.2. The van der Waals surface area contributed by atoms with Crippen LogP contribution in [0, 0.1) is 0 Å². The summed E-state index contributed by atoms with van der Waals surface area (Å²) in [6, 6.07) is 15.2. The number of carbonyl (C=O) groups excluding carboxylic acids is 1. The number of carbonyl (C=O) groups is 1. The summed E-state index contributed by atoms with van der Waals surface area (Å²) in [6.07, 6.45) is 10.9. The van der Waals surface area contributed by atoms with Crippen LogP contribution < -0.4 is 9.47 Å². The van der Waals surface area contributed by atoms with Gasteiger partial charge in [-0.15, -0.1) is 0 Å². The average molecular weight is 503 g/mol. The van der Waals surface area contributed by atoms with Crippen molar-refractivity contribution in [3.05, 3.63) is 70.6 Å². The number of esters is 1. The second kappa shape index (κ2) is 14.3. The van der Waals surface area contributed by atoms with Gasteiger partial charge >= 0.3 is 5.97 Å². The molecule has 4 nitrogen and oxygen atoms in total. The third-order valence-electron chi connectivity index (χ3n) is 5.73. The number of ether oxygens (including phenoxy) is 3. The number of halogens is 1. The first-order valence-corrected chi connectivity index (χ1v) is 13.5. The molecule has 1 aliphatic rings. The Labute approximate surface area is 213 Å². The summed E-state index contributed by atoms with van der Waals surface area (Å²) in [4.78, 5) is 11.8. The van der Waals surface area contributed by atoms with E-state index in [1.54, 1.807) is 11.8 Å². The van der Waals surface area contributed by atoms with E-state index in [9.17, 15) is 4.79 Å². The summed E-state index contributed by atoms with van der Waals surface area (Å²) in [5, 5.41) is 2.74. The Morgan fingerprint density at radius 1 is 0.971 bits per heavy atom. The van der Waals surface area contributed by atoms with E-state index < -0.39 is 4.93 Å². The van der Waals surface area contributed by atoms with Crippen LogP contribution in [0.2, 0.25) is 5.02 Å². The zero-order chi connectivity index (χ0) is 24.1. The number of unbranched alkanes of at least 4 members (excludes halogenated alkanes) is 5. The van der Waals surface area contributed by atoms with E-state index in [0.29, 0.717) is 31.1 Å². The Bertz CT molecular complexity index is 888. The van der Waals surface area contributed by atoms with Gasteiger partial charge in [0, 0.05) is 17.9 Å². The van der Waals surface area contributed by atoms with Crippen LogP contribution in [0.25, 0.3) is 0 Å². The number of thioether (sulfide) groups is 1. The molecule has 0 saturated heterocycles. The van der Waals surface area contributed by atoms with Crippen molar-refractivity contribution >= 4 is 29.3 Å². The molecule has 3 rings (SSSR count). The van der Waals surface area contributed by atoms with Crippen molar-refractivity contribution in [2.75, 3.05) is 6.61 Å². The van der Waals surface area contributed by atoms with Crippen LogP contribution in [0.5, 0.6) is 11.5 Å². The molecule has 2 aromatic rings. The van der Waals surface area contributed by atoms with Crippen LogP contribution in [0.3, 0.4) is 0 Å². The molecule has 0 aliphatic carbocycles. The zero-order valence-electron chi connectivity index (χ0n) is 20.0. The van der Waals surface area contributed by atoms with Gasteiger partial charge in [-0.05, 0) is 53.8 Å². The lowest BCUT2D eigenvalue weighted by molar-refractivity contribution is -0.144. The molecular formula is C28H35ClO4S. The molecule has 0 bridgehead atoms. The lowest BCUT2D eigenvalue weighted by Crippen LogP contribution is -2.30. The largest absolute Gasteiger partial charge is 0.489 e. The van der Waals surface area contributed by atoms with Gasteiger partial charge < -0.3 is 14.2 Å². The van der Waals surface area contributed by atoms with Crippen molar-refractivity contribution in [2.24, 2.45) is 0 Å². The van der Waals surface area contributed by atoms with Crippen LogP contribution in [0.15, 0.2) is 60.0 Å². The van der Waals surface area contributed by atoms with Crippen molar-refractivity contribution in [2.45, 2.75) is 76.3 Å². The van der Waals surface area contributed by atoms with Gasteiger partial charge in [0.1, 0.15) is 18.1 Å². The van der Waals surface area contributed by atoms with Crippen molar-refractivity contribution in [3.8, 4) is 11.5 Å². The topological polar surface area (TPSA) is 44.8 Å². The predicted molar refractivity (Wildman–Crippen MR) is 141 cm³/mol. The summed E-state index contributed by atoms with van der Waals surface area (Å²) in [7, 11) is 0. The monoisotopic (exact) mass is 502 g/mol. The highest BCUT2D eigenvalue weighted by atomic mass is 35.5. The molecule has 34 heavy (non-hydrogen) atoms. The van der Waals surface area contributed by atoms with Crippen LogP contribution in [0.4, 0.5) is 0 Å². The Morgan fingerprint density at radius 2 is 1.68 bits per heavy atom. The summed E-state index contributed by atoms with van der Waals surface area (Å²) in [5.41, 5.74) is 1.05. The first-order valence-electron chi connectivity index (χ1n) is 12.2. The van der Waals surface area contributed by atoms with Gasteiger partial charge in [-0.25, -0.2) is 0 Å². The van der Waals surface area contributed by atoms with E-state index in [4.69, 9.17) is 25.8 Å². The summed E-state index contributed by atoms with van der Waals surface area (Å²) in [6.45, 7) is 3.20. The van der Waals surface area contributed by atoms with Gasteiger partial charge in [0.15, 0.2) is 4.93 Å². The summed E-state index contributed by atoms with van der Waals surface area (Å²) >= 11 is 7.55. The molecule has 0 radical (unpaired) electrons. The number of hydrogen-bond donors (Lipinski definition) is 0. The van der Waals surface area contributed by atoms with E-state index in [2.05, 4.69) is 18.4 Å². The van der Waals surface area contributed by atoms with E-state index in [1.165, 1.54) is 25.7 Å². The fourth-order valence-electron chi connectivity index (χ4n) is 3.72. The average Bonchev–Trinajstić information content (AvgIpc) is 3.31. The van der Waals surface area contributed by atoms with E-state index in [0.717, 1.165) is 36.3 Å². The Hall–Kier alpha value is -2.11. The lowest BCUT2D eigenvalue weighted by atomic mass is 10.1. The zero-order valence-corrected chi connectivity index (χ0v) is 21.5. The van der Waals surface area contributed by atoms with Gasteiger partial charge in [0.25, 0.3) is 0 Å². The molecular weight excluding hydrogens is 468 g/mol. The second-order valence-corrected chi connectivity index (χ2v) is 10.3. The SMILES string of the molecule is CCCCCCCCOC(=O)CCC1(Oc2ccc(COc3ccc(Cl)cc3)cc2)CC=CS1. The van der Waals surface area contributed by atoms with Gasteiger partial charge in [-0.3, -0.25) is 4.79 Å². The molecule has 1 aliphatic heterocycles. The molecule has 0 amide bonds. The first kappa shape index (κ1) is 26.5. The van der Waals surface area contributed by atoms with Crippen LogP contribution in [0.1, 0.15) is 70.3 Å². The molecule has 0 saturated carbocycles. The smallest absolute Gasteiger partial charge is 0.305 e. The molecule has 0 fully saturated rings. The van der Waals surface area contributed by atoms with Crippen LogP contribution in [-0.2, 0) is 16.1 Å². The Morgan fingerprint density at radius 3 is 2.38 bits per heavy atom.